The minimum atomic E-state index is -0.0927. The lowest BCUT2D eigenvalue weighted by Gasteiger charge is -2.36. The largest absolute Gasteiger partial charge is 0.354 e. The molecular formula is C24H24N4O2S2. The molecule has 2 heterocycles. The molecule has 164 valence electrons. The summed E-state index contributed by atoms with van der Waals surface area (Å²) in [5.41, 5.74) is 2.33. The number of amides is 1. The fourth-order valence-electron chi connectivity index (χ4n) is 3.56. The SMILES string of the molecule is O=C(c1ccccc1)N1CCN(C(=S)SCc2ccnn(Cc3ccccc3)c2=O)CC1. The first-order valence-corrected chi connectivity index (χ1v) is 11.9. The van der Waals surface area contributed by atoms with Gasteiger partial charge in [-0.05, 0) is 23.8 Å². The van der Waals surface area contributed by atoms with Crippen molar-refractivity contribution in [3.63, 3.8) is 0 Å². The number of benzene rings is 2. The van der Waals surface area contributed by atoms with Crippen LogP contribution in [0.3, 0.4) is 0 Å². The highest BCUT2D eigenvalue weighted by atomic mass is 32.2. The van der Waals surface area contributed by atoms with E-state index in [9.17, 15) is 9.59 Å². The third-order valence-corrected chi connectivity index (χ3v) is 6.94. The van der Waals surface area contributed by atoms with Crippen LogP contribution in [-0.4, -0.2) is 56.0 Å². The van der Waals surface area contributed by atoms with Crippen LogP contribution < -0.4 is 5.56 Å². The summed E-state index contributed by atoms with van der Waals surface area (Å²) >= 11 is 7.10. The Morgan fingerprint density at radius 1 is 0.906 bits per heavy atom. The number of hydrogen-bond donors (Lipinski definition) is 0. The monoisotopic (exact) mass is 464 g/mol. The molecule has 0 N–H and O–H groups in total. The molecule has 0 bridgehead atoms. The number of piperazine rings is 1. The van der Waals surface area contributed by atoms with E-state index < -0.39 is 0 Å². The second-order valence-corrected chi connectivity index (χ2v) is 9.11. The zero-order valence-corrected chi connectivity index (χ0v) is 19.2. The van der Waals surface area contributed by atoms with Crippen LogP contribution in [0, 0.1) is 0 Å². The molecule has 8 heteroatoms. The Morgan fingerprint density at radius 2 is 1.53 bits per heavy atom. The van der Waals surface area contributed by atoms with E-state index >= 15 is 0 Å². The van der Waals surface area contributed by atoms with Gasteiger partial charge in [-0.3, -0.25) is 9.59 Å². The maximum absolute atomic E-state index is 12.8. The molecule has 0 radical (unpaired) electrons. The predicted molar refractivity (Wildman–Crippen MR) is 132 cm³/mol. The Morgan fingerprint density at radius 3 is 2.22 bits per heavy atom. The normalized spacial score (nSPS) is 13.8. The summed E-state index contributed by atoms with van der Waals surface area (Å²) in [6, 6.07) is 20.9. The van der Waals surface area contributed by atoms with E-state index in [4.69, 9.17) is 12.2 Å². The molecule has 32 heavy (non-hydrogen) atoms. The van der Waals surface area contributed by atoms with Crippen molar-refractivity contribution in [1.29, 1.82) is 0 Å². The van der Waals surface area contributed by atoms with Crippen molar-refractivity contribution < 1.29 is 4.79 Å². The van der Waals surface area contributed by atoms with Gasteiger partial charge in [0.05, 0.1) is 6.54 Å². The maximum Gasteiger partial charge on any atom is 0.271 e. The zero-order chi connectivity index (χ0) is 22.3. The molecule has 2 aromatic carbocycles. The van der Waals surface area contributed by atoms with Crippen LogP contribution in [0.1, 0.15) is 21.5 Å². The molecule has 1 saturated heterocycles. The van der Waals surface area contributed by atoms with Gasteiger partial charge in [0.1, 0.15) is 4.32 Å². The Balaban J connectivity index is 1.30. The van der Waals surface area contributed by atoms with E-state index in [1.807, 2.05) is 65.6 Å². The lowest BCUT2D eigenvalue weighted by atomic mass is 10.2. The molecule has 0 unspecified atom stereocenters. The van der Waals surface area contributed by atoms with Gasteiger partial charge in [0.25, 0.3) is 11.5 Å². The van der Waals surface area contributed by atoms with Crippen molar-refractivity contribution in [3.8, 4) is 0 Å². The number of hydrogen-bond acceptors (Lipinski definition) is 5. The fourth-order valence-corrected chi connectivity index (χ4v) is 4.78. The van der Waals surface area contributed by atoms with Gasteiger partial charge in [-0.25, -0.2) is 4.68 Å². The highest BCUT2D eigenvalue weighted by molar-refractivity contribution is 8.22. The van der Waals surface area contributed by atoms with Gasteiger partial charge in [0.2, 0.25) is 0 Å². The van der Waals surface area contributed by atoms with Crippen molar-refractivity contribution in [2.24, 2.45) is 0 Å². The van der Waals surface area contributed by atoms with E-state index in [-0.39, 0.29) is 11.5 Å². The Kier molecular flexibility index (Phi) is 7.34. The summed E-state index contributed by atoms with van der Waals surface area (Å²) in [5, 5.41) is 4.22. The number of thioether (sulfide) groups is 1. The molecule has 0 atom stereocenters. The molecule has 1 amide bonds. The van der Waals surface area contributed by atoms with Gasteiger partial charge in [-0.15, -0.1) is 0 Å². The first kappa shape index (κ1) is 22.2. The molecule has 1 aromatic heterocycles. The number of carbonyl (C=O) groups is 1. The van der Waals surface area contributed by atoms with Crippen LogP contribution in [0.2, 0.25) is 0 Å². The van der Waals surface area contributed by atoms with Gasteiger partial charge in [0.15, 0.2) is 0 Å². The first-order valence-electron chi connectivity index (χ1n) is 10.5. The molecule has 4 rings (SSSR count). The summed E-state index contributed by atoms with van der Waals surface area (Å²) in [4.78, 5) is 29.4. The molecule has 0 aliphatic carbocycles. The highest BCUT2D eigenvalue weighted by Crippen LogP contribution is 2.17. The van der Waals surface area contributed by atoms with Crippen molar-refractivity contribution in [1.82, 2.24) is 19.6 Å². The molecule has 0 spiro atoms. The average molecular weight is 465 g/mol. The van der Waals surface area contributed by atoms with E-state index in [0.29, 0.717) is 49.6 Å². The lowest BCUT2D eigenvalue weighted by molar-refractivity contribution is 0.0695. The van der Waals surface area contributed by atoms with Gasteiger partial charge in [-0.1, -0.05) is 72.5 Å². The third-order valence-electron chi connectivity index (χ3n) is 5.36. The van der Waals surface area contributed by atoms with Crippen molar-refractivity contribution >= 4 is 34.2 Å². The van der Waals surface area contributed by atoms with Crippen molar-refractivity contribution in [3.05, 3.63) is 100.0 Å². The number of nitrogens with zero attached hydrogens (tertiary/aromatic N) is 4. The minimum Gasteiger partial charge on any atom is -0.354 e. The zero-order valence-electron chi connectivity index (χ0n) is 17.6. The number of aromatic nitrogens is 2. The summed E-state index contributed by atoms with van der Waals surface area (Å²) in [6.07, 6.45) is 1.66. The third kappa shape index (κ3) is 5.44. The summed E-state index contributed by atoms with van der Waals surface area (Å²) in [6.45, 7) is 3.10. The van der Waals surface area contributed by atoms with Crippen LogP contribution in [0.4, 0.5) is 0 Å². The predicted octanol–water partition coefficient (Wildman–Crippen LogP) is 3.27. The fraction of sp³-hybridized carbons (Fsp3) is 0.250. The number of thiocarbonyl (C=S) groups is 1. The van der Waals surface area contributed by atoms with E-state index in [1.54, 1.807) is 12.3 Å². The quantitative estimate of drug-likeness (QED) is 0.540. The summed E-state index contributed by atoms with van der Waals surface area (Å²) in [5.74, 6) is 0.553. The van der Waals surface area contributed by atoms with E-state index in [2.05, 4.69) is 10.00 Å². The Labute approximate surface area is 196 Å². The lowest BCUT2D eigenvalue weighted by Crippen LogP contribution is -2.49. The van der Waals surface area contributed by atoms with Crippen LogP contribution in [0.5, 0.6) is 0 Å². The molecule has 1 aliphatic heterocycles. The molecule has 3 aromatic rings. The van der Waals surface area contributed by atoms with Crippen molar-refractivity contribution in [2.45, 2.75) is 12.3 Å². The number of carbonyl (C=O) groups excluding carboxylic acids is 1. The Bertz CT molecular complexity index is 1130. The van der Waals surface area contributed by atoms with Crippen LogP contribution in [0.15, 0.2) is 77.7 Å². The van der Waals surface area contributed by atoms with Crippen LogP contribution in [0.25, 0.3) is 0 Å². The van der Waals surface area contributed by atoms with Gasteiger partial charge in [0, 0.05) is 49.3 Å². The van der Waals surface area contributed by atoms with Gasteiger partial charge < -0.3 is 9.80 Å². The van der Waals surface area contributed by atoms with E-state index in [1.165, 1.54) is 16.4 Å². The topological polar surface area (TPSA) is 58.4 Å². The van der Waals surface area contributed by atoms with Crippen LogP contribution in [-0.2, 0) is 12.3 Å². The average Bonchev–Trinajstić information content (AvgIpc) is 2.85. The molecule has 0 saturated carbocycles. The van der Waals surface area contributed by atoms with Gasteiger partial charge >= 0.3 is 0 Å². The van der Waals surface area contributed by atoms with Crippen LogP contribution >= 0.6 is 24.0 Å². The first-order chi connectivity index (χ1) is 15.6. The Hall–Kier alpha value is -2.97. The summed E-state index contributed by atoms with van der Waals surface area (Å²) < 4.78 is 2.24. The second-order valence-electron chi connectivity index (χ2n) is 7.50. The van der Waals surface area contributed by atoms with Gasteiger partial charge in [-0.2, -0.15) is 5.10 Å². The van der Waals surface area contributed by atoms with Crippen molar-refractivity contribution in [2.75, 3.05) is 26.2 Å². The smallest absolute Gasteiger partial charge is 0.271 e. The number of rotatable bonds is 5. The standard InChI is InChI=1S/C24H24N4O2S2/c29-22(20-9-5-2-6-10-20)26-13-15-27(16-14-26)24(31)32-18-21-11-12-25-28(23(21)30)17-19-7-3-1-4-8-19/h1-12H,13-18H2. The molecular weight excluding hydrogens is 440 g/mol. The summed E-state index contributed by atoms with van der Waals surface area (Å²) in [7, 11) is 0. The highest BCUT2D eigenvalue weighted by Gasteiger charge is 2.23. The van der Waals surface area contributed by atoms with E-state index in [0.717, 1.165) is 9.88 Å². The molecule has 1 fully saturated rings. The second kappa shape index (κ2) is 10.6. The molecule has 1 aliphatic rings. The maximum atomic E-state index is 12.8. The minimum absolute atomic E-state index is 0.0552. The molecule has 6 nitrogen and oxygen atoms in total.